The van der Waals surface area contributed by atoms with Crippen molar-refractivity contribution in [2.24, 2.45) is 17.3 Å². The van der Waals surface area contributed by atoms with Gasteiger partial charge >= 0.3 is 6.09 Å². The molecule has 10 nitrogen and oxygen atoms in total. The zero-order valence-corrected chi connectivity index (χ0v) is 27.5. The molecule has 1 aromatic carbocycles. The van der Waals surface area contributed by atoms with Crippen LogP contribution in [0.1, 0.15) is 96.2 Å². The molecule has 2 aromatic rings. The maximum absolute atomic E-state index is 14.9. The number of ether oxygens (including phenoxy) is 1. The van der Waals surface area contributed by atoms with Gasteiger partial charge in [-0.15, -0.1) is 5.10 Å². The van der Waals surface area contributed by atoms with Gasteiger partial charge in [0.1, 0.15) is 11.5 Å². The average molecular weight is 618 g/mol. The molecule has 2 amide bonds. The maximum atomic E-state index is 14.9. The van der Waals surface area contributed by atoms with E-state index in [1.807, 2.05) is 34.6 Å². The standard InChI is InChI=1S/C33H52FN5O5/c1-8-9-17-28(40)23-19-27(30(33(4,5)6)38(21-23)32(42)43)37(20-22(2)3)31(41)29-26(16-12-13-18-44-7)39(36-35-29)25-15-11-10-14-24(25)34/h10-11,14-15,22-23,27-28,30,40H,8-9,12-13,16-21H2,1-7H3,(H,42,43)/t23-,27+,28?,30?/m1/s1. The van der Waals surface area contributed by atoms with E-state index in [0.717, 1.165) is 19.3 Å². The van der Waals surface area contributed by atoms with Crippen LogP contribution in [-0.4, -0.2) is 92.0 Å². The number of benzene rings is 1. The third kappa shape index (κ3) is 8.56. The minimum Gasteiger partial charge on any atom is -0.465 e. The number of aromatic nitrogens is 3. The molecule has 2 heterocycles. The summed E-state index contributed by atoms with van der Waals surface area (Å²) in [6, 6.07) is 5.22. The van der Waals surface area contributed by atoms with Gasteiger partial charge in [-0.2, -0.15) is 0 Å². The molecule has 2 N–H and O–H groups in total. The molecular formula is C33H52FN5O5. The lowest BCUT2D eigenvalue weighted by atomic mass is 9.73. The van der Waals surface area contributed by atoms with Gasteiger partial charge in [0.05, 0.1) is 23.9 Å². The Hall–Kier alpha value is -3.05. The van der Waals surface area contributed by atoms with Crippen molar-refractivity contribution in [1.29, 1.82) is 0 Å². The maximum Gasteiger partial charge on any atom is 0.407 e. The van der Waals surface area contributed by atoms with E-state index < -0.39 is 35.5 Å². The monoisotopic (exact) mass is 617 g/mol. The highest BCUT2D eigenvalue weighted by Crippen LogP contribution is 2.39. The topological polar surface area (TPSA) is 121 Å². The van der Waals surface area contributed by atoms with Crippen LogP contribution in [0, 0.1) is 23.1 Å². The second-order valence-electron chi connectivity index (χ2n) is 13.6. The number of likely N-dealkylation sites (tertiary alicyclic amines) is 1. The molecule has 1 aliphatic rings. The van der Waals surface area contributed by atoms with Gasteiger partial charge in [-0.3, -0.25) is 4.79 Å². The number of piperidine rings is 1. The highest BCUT2D eigenvalue weighted by molar-refractivity contribution is 5.94. The van der Waals surface area contributed by atoms with Crippen molar-refractivity contribution in [3.05, 3.63) is 41.5 Å². The molecule has 246 valence electrons. The molecule has 1 saturated heterocycles. The Morgan fingerprint density at radius 1 is 1.18 bits per heavy atom. The summed E-state index contributed by atoms with van der Waals surface area (Å²) < 4.78 is 21.6. The molecule has 0 bridgehead atoms. The molecule has 11 heteroatoms. The number of para-hydroxylation sites is 1. The van der Waals surface area contributed by atoms with Crippen molar-refractivity contribution >= 4 is 12.0 Å². The van der Waals surface area contributed by atoms with Gasteiger partial charge in [0.2, 0.25) is 0 Å². The van der Waals surface area contributed by atoms with Gasteiger partial charge in [0.25, 0.3) is 5.91 Å². The van der Waals surface area contributed by atoms with Crippen LogP contribution in [-0.2, 0) is 11.2 Å². The lowest BCUT2D eigenvalue weighted by molar-refractivity contribution is -0.0502. The molecule has 0 saturated carbocycles. The highest BCUT2D eigenvalue weighted by Gasteiger charge is 2.49. The summed E-state index contributed by atoms with van der Waals surface area (Å²) >= 11 is 0. The van der Waals surface area contributed by atoms with Crippen molar-refractivity contribution in [3.8, 4) is 5.69 Å². The summed E-state index contributed by atoms with van der Waals surface area (Å²) in [6.45, 7) is 13.2. The van der Waals surface area contributed by atoms with Crippen LogP contribution >= 0.6 is 0 Å². The minimum atomic E-state index is -1.07. The van der Waals surface area contributed by atoms with E-state index in [9.17, 15) is 24.2 Å². The largest absolute Gasteiger partial charge is 0.465 e. The molecule has 44 heavy (non-hydrogen) atoms. The zero-order valence-electron chi connectivity index (χ0n) is 27.5. The van der Waals surface area contributed by atoms with Crippen molar-refractivity contribution in [3.63, 3.8) is 0 Å². The highest BCUT2D eigenvalue weighted by atomic mass is 19.1. The number of hydrogen-bond acceptors (Lipinski definition) is 6. The van der Waals surface area contributed by atoms with E-state index in [1.54, 1.807) is 30.2 Å². The summed E-state index contributed by atoms with van der Waals surface area (Å²) in [5, 5.41) is 30.2. The Balaban J connectivity index is 2.14. The molecule has 2 unspecified atom stereocenters. The number of methoxy groups -OCH3 is 1. The lowest BCUT2D eigenvalue weighted by Crippen LogP contribution is -2.65. The second-order valence-corrected chi connectivity index (χ2v) is 13.6. The molecule has 0 aliphatic carbocycles. The molecule has 1 aliphatic heterocycles. The predicted molar refractivity (Wildman–Crippen MR) is 167 cm³/mol. The number of carboxylic acid groups (broad SMARTS) is 1. The summed E-state index contributed by atoms with van der Waals surface area (Å²) in [5.74, 6) is -1.10. The third-order valence-electron chi connectivity index (χ3n) is 8.49. The van der Waals surface area contributed by atoms with Crippen LogP contribution in [0.25, 0.3) is 5.69 Å². The molecule has 4 atom stereocenters. The molecule has 1 aromatic heterocycles. The normalized spacial score (nSPS) is 19.8. The minimum absolute atomic E-state index is 0.0648. The van der Waals surface area contributed by atoms with E-state index in [2.05, 4.69) is 17.2 Å². The average Bonchev–Trinajstić information content (AvgIpc) is 3.38. The van der Waals surface area contributed by atoms with E-state index >= 15 is 0 Å². The Kier molecular flexibility index (Phi) is 12.7. The number of amides is 2. The number of unbranched alkanes of at least 4 members (excludes halogenated alkanes) is 2. The Bertz CT molecular complexity index is 1230. The fourth-order valence-corrected chi connectivity index (χ4v) is 6.50. The molecule has 0 spiro atoms. The van der Waals surface area contributed by atoms with Crippen molar-refractivity contribution < 1.29 is 28.9 Å². The van der Waals surface area contributed by atoms with Crippen LogP contribution in [0.3, 0.4) is 0 Å². The van der Waals surface area contributed by atoms with Crippen molar-refractivity contribution in [2.45, 2.75) is 105 Å². The second kappa shape index (κ2) is 15.8. The number of carbonyl (C=O) groups excluding carboxylic acids is 1. The first-order valence-corrected chi connectivity index (χ1v) is 16.0. The van der Waals surface area contributed by atoms with E-state index in [4.69, 9.17) is 4.74 Å². The quantitative estimate of drug-likeness (QED) is 0.257. The fraction of sp³-hybridized carbons (Fsp3) is 0.697. The molecule has 0 radical (unpaired) electrons. The zero-order chi connectivity index (χ0) is 32.6. The van der Waals surface area contributed by atoms with E-state index in [1.165, 1.54) is 15.6 Å². The summed E-state index contributed by atoms with van der Waals surface area (Å²) in [6.07, 6.45) is 2.87. The van der Waals surface area contributed by atoms with Gasteiger partial charge in [-0.1, -0.05) is 71.7 Å². The molecule has 1 fully saturated rings. The Morgan fingerprint density at radius 2 is 1.89 bits per heavy atom. The van der Waals surface area contributed by atoms with Crippen LogP contribution < -0.4 is 0 Å². The van der Waals surface area contributed by atoms with E-state index in [0.29, 0.717) is 44.5 Å². The number of halogens is 1. The number of carbonyl (C=O) groups is 2. The van der Waals surface area contributed by atoms with Crippen LogP contribution in [0.15, 0.2) is 24.3 Å². The van der Waals surface area contributed by atoms with Crippen LogP contribution in [0.5, 0.6) is 0 Å². The van der Waals surface area contributed by atoms with Gasteiger partial charge in [0, 0.05) is 32.7 Å². The third-order valence-corrected chi connectivity index (χ3v) is 8.49. The smallest absolute Gasteiger partial charge is 0.407 e. The van der Waals surface area contributed by atoms with Crippen molar-refractivity contribution in [1.82, 2.24) is 24.8 Å². The summed E-state index contributed by atoms with van der Waals surface area (Å²) in [7, 11) is 1.63. The van der Waals surface area contributed by atoms with Gasteiger partial charge in [0.15, 0.2) is 5.69 Å². The van der Waals surface area contributed by atoms with Crippen LogP contribution in [0.2, 0.25) is 0 Å². The van der Waals surface area contributed by atoms with E-state index in [-0.39, 0.29) is 35.7 Å². The number of aliphatic hydroxyl groups is 1. The lowest BCUT2D eigenvalue weighted by Gasteiger charge is -2.53. The first kappa shape index (κ1) is 35.4. The van der Waals surface area contributed by atoms with Crippen molar-refractivity contribution in [2.75, 3.05) is 26.8 Å². The first-order valence-electron chi connectivity index (χ1n) is 16.0. The number of rotatable bonds is 14. The molecule has 3 rings (SSSR count). The number of hydrogen-bond donors (Lipinski definition) is 2. The summed E-state index contributed by atoms with van der Waals surface area (Å²) in [5.41, 5.74) is 0.334. The first-order chi connectivity index (χ1) is 20.8. The Labute approximate surface area is 261 Å². The Morgan fingerprint density at radius 3 is 2.48 bits per heavy atom. The van der Waals surface area contributed by atoms with Gasteiger partial charge < -0.3 is 24.7 Å². The van der Waals surface area contributed by atoms with Crippen LogP contribution in [0.4, 0.5) is 9.18 Å². The predicted octanol–water partition coefficient (Wildman–Crippen LogP) is 5.81. The van der Waals surface area contributed by atoms with Gasteiger partial charge in [-0.05, 0) is 55.6 Å². The summed E-state index contributed by atoms with van der Waals surface area (Å²) in [4.78, 5) is 30.6. The number of aliphatic hydroxyl groups excluding tert-OH is 1. The fourth-order valence-electron chi connectivity index (χ4n) is 6.50. The van der Waals surface area contributed by atoms with Gasteiger partial charge in [-0.25, -0.2) is 13.9 Å². The SMILES string of the molecule is CCCCC(O)[C@@H]1C[C@H](N(CC(C)C)C(=O)c2nnn(-c3ccccc3F)c2CCCCOC)C(C(C)(C)C)N(C(=O)O)C1. The number of nitrogens with zero attached hydrogens (tertiary/aromatic N) is 5. The molecular weight excluding hydrogens is 565 g/mol.